The summed E-state index contributed by atoms with van der Waals surface area (Å²) in [5.41, 5.74) is 5.95. The Labute approximate surface area is 118 Å². The van der Waals surface area contributed by atoms with Gasteiger partial charge in [-0.3, -0.25) is 0 Å². The lowest BCUT2D eigenvalue weighted by atomic mass is 9.93. The van der Waals surface area contributed by atoms with E-state index in [1.165, 1.54) is 0 Å². The van der Waals surface area contributed by atoms with Gasteiger partial charge in [0.1, 0.15) is 5.82 Å². The van der Waals surface area contributed by atoms with E-state index in [-0.39, 0.29) is 11.1 Å². The molecule has 0 radical (unpaired) electrons. The molecule has 0 unspecified atom stereocenters. The minimum Gasteiger partial charge on any atom is -0.478 e. The summed E-state index contributed by atoms with van der Waals surface area (Å²) in [4.78, 5) is 12.9. The molecule has 0 aliphatic carbocycles. The number of nitrogens with two attached hydrogens (primary N) is 1. The van der Waals surface area contributed by atoms with Crippen LogP contribution in [0.25, 0.3) is 0 Å². The third-order valence-corrected chi connectivity index (χ3v) is 2.87. The molecular weight excluding hydrogens is 261 g/mol. The molecule has 0 fully saturated rings. The number of aromatic carboxylic acids is 1. The van der Waals surface area contributed by atoms with Crippen LogP contribution in [0.15, 0.2) is 12.1 Å². The van der Waals surface area contributed by atoms with Crippen LogP contribution in [-0.4, -0.2) is 43.2 Å². The fourth-order valence-electron chi connectivity index (χ4n) is 2.15. The summed E-state index contributed by atoms with van der Waals surface area (Å²) in [6.45, 7) is 5.62. The van der Waals surface area contributed by atoms with Crippen LogP contribution in [0.4, 0.5) is 15.8 Å². The fraction of sp³-hybridized carbons (Fsp3) is 0.500. The Balaban J connectivity index is 2.84. The van der Waals surface area contributed by atoms with E-state index in [0.29, 0.717) is 12.2 Å². The molecule has 0 aliphatic rings. The van der Waals surface area contributed by atoms with Gasteiger partial charge in [0.15, 0.2) is 0 Å². The van der Waals surface area contributed by atoms with Crippen molar-refractivity contribution in [3.8, 4) is 0 Å². The smallest absolute Gasteiger partial charge is 0.338 e. The van der Waals surface area contributed by atoms with Crippen LogP contribution in [0.5, 0.6) is 0 Å². The Hall–Kier alpha value is -1.82. The number of carboxylic acid groups (broad SMARTS) is 1. The standard InChI is InChI=1S/C14H22FN3O2/c1-14(2,8-18(3)4)7-17-12-6-10(15)9(13(19)20)5-11(12)16/h5-6,17H,7-8,16H2,1-4H3,(H,19,20). The van der Waals surface area contributed by atoms with Crippen molar-refractivity contribution in [3.05, 3.63) is 23.5 Å². The minimum atomic E-state index is -1.33. The van der Waals surface area contributed by atoms with E-state index in [2.05, 4.69) is 24.1 Å². The lowest BCUT2D eigenvalue weighted by Gasteiger charge is -2.29. The van der Waals surface area contributed by atoms with Crippen LogP contribution in [0, 0.1) is 11.2 Å². The predicted molar refractivity (Wildman–Crippen MR) is 78.6 cm³/mol. The maximum Gasteiger partial charge on any atom is 0.338 e. The van der Waals surface area contributed by atoms with E-state index in [4.69, 9.17) is 10.8 Å². The van der Waals surface area contributed by atoms with E-state index in [1.807, 2.05) is 14.1 Å². The first-order chi connectivity index (χ1) is 9.12. The van der Waals surface area contributed by atoms with Gasteiger partial charge in [0.2, 0.25) is 0 Å². The molecule has 0 saturated carbocycles. The molecule has 6 heteroatoms. The second-order valence-corrected chi connectivity index (χ2v) is 5.98. The highest BCUT2D eigenvalue weighted by Gasteiger charge is 2.20. The van der Waals surface area contributed by atoms with Crippen LogP contribution >= 0.6 is 0 Å². The zero-order chi connectivity index (χ0) is 15.5. The fourth-order valence-corrected chi connectivity index (χ4v) is 2.15. The number of hydrogen-bond acceptors (Lipinski definition) is 4. The average Bonchev–Trinajstić information content (AvgIpc) is 2.27. The largest absolute Gasteiger partial charge is 0.478 e. The number of carbonyl (C=O) groups is 1. The predicted octanol–water partition coefficient (Wildman–Crippen LogP) is 2.11. The summed E-state index contributed by atoms with van der Waals surface area (Å²) in [5, 5.41) is 11.9. The van der Waals surface area contributed by atoms with Gasteiger partial charge in [-0.1, -0.05) is 13.8 Å². The number of anilines is 2. The third kappa shape index (κ3) is 4.38. The zero-order valence-electron chi connectivity index (χ0n) is 12.3. The van der Waals surface area contributed by atoms with Crippen molar-refractivity contribution >= 4 is 17.3 Å². The van der Waals surface area contributed by atoms with E-state index in [0.717, 1.165) is 18.7 Å². The van der Waals surface area contributed by atoms with Crippen molar-refractivity contribution in [1.29, 1.82) is 0 Å². The second-order valence-electron chi connectivity index (χ2n) is 5.98. The molecule has 0 spiro atoms. The number of nitrogens with one attached hydrogen (secondary N) is 1. The van der Waals surface area contributed by atoms with Gasteiger partial charge in [0.05, 0.1) is 16.9 Å². The molecule has 1 rings (SSSR count). The summed E-state index contributed by atoms with van der Waals surface area (Å²) in [6.07, 6.45) is 0. The SMILES string of the molecule is CN(C)CC(C)(C)CNc1cc(F)c(C(=O)O)cc1N. The minimum absolute atomic E-state index is 0.0299. The molecule has 20 heavy (non-hydrogen) atoms. The normalized spacial score (nSPS) is 11.7. The highest BCUT2D eigenvalue weighted by atomic mass is 19.1. The Morgan fingerprint density at radius 2 is 2.05 bits per heavy atom. The van der Waals surface area contributed by atoms with Gasteiger partial charge in [0.25, 0.3) is 0 Å². The van der Waals surface area contributed by atoms with E-state index in [1.54, 1.807) is 0 Å². The molecule has 112 valence electrons. The molecule has 0 aliphatic heterocycles. The van der Waals surface area contributed by atoms with Crippen LogP contribution in [0.1, 0.15) is 24.2 Å². The number of rotatable bonds is 6. The third-order valence-electron chi connectivity index (χ3n) is 2.87. The van der Waals surface area contributed by atoms with Crippen molar-refractivity contribution in [3.63, 3.8) is 0 Å². The van der Waals surface area contributed by atoms with Gasteiger partial charge in [-0.2, -0.15) is 0 Å². The van der Waals surface area contributed by atoms with Crippen molar-refractivity contribution in [2.45, 2.75) is 13.8 Å². The van der Waals surface area contributed by atoms with E-state index in [9.17, 15) is 9.18 Å². The zero-order valence-corrected chi connectivity index (χ0v) is 12.3. The Bertz CT molecular complexity index is 501. The molecule has 4 N–H and O–H groups in total. The van der Waals surface area contributed by atoms with Crippen molar-refractivity contribution in [2.75, 3.05) is 38.2 Å². The van der Waals surface area contributed by atoms with Crippen molar-refractivity contribution in [1.82, 2.24) is 4.90 Å². The van der Waals surface area contributed by atoms with Crippen LogP contribution in [0.3, 0.4) is 0 Å². The highest BCUT2D eigenvalue weighted by molar-refractivity contribution is 5.90. The van der Waals surface area contributed by atoms with E-state index < -0.39 is 17.3 Å². The Morgan fingerprint density at radius 1 is 1.45 bits per heavy atom. The molecule has 0 saturated heterocycles. The summed E-state index contributed by atoms with van der Waals surface area (Å²) in [6, 6.07) is 2.27. The topological polar surface area (TPSA) is 78.6 Å². The molecule has 0 aromatic heterocycles. The first-order valence-corrected chi connectivity index (χ1v) is 6.33. The van der Waals surface area contributed by atoms with E-state index >= 15 is 0 Å². The van der Waals surface area contributed by atoms with Crippen molar-refractivity contribution in [2.24, 2.45) is 5.41 Å². The Kier molecular flexibility index (Phi) is 4.94. The molecule has 5 nitrogen and oxygen atoms in total. The van der Waals surface area contributed by atoms with Gasteiger partial charge in [0, 0.05) is 13.1 Å². The average molecular weight is 283 g/mol. The van der Waals surface area contributed by atoms with Crippen LogP contribution < -0.4 is 11.1 Å². The van der Waals surface area contributed by atoms with Gasteiger partial charge < -0.3 is 21.1 Å². The molecule has 1 aromatic carbocycles. The molecule has 0 atom stereocenters. The molecular formula is C14H22FN3O2. The lowest BCUT2D eigenvalue weighted by molar-refractivity contribution is 0.0692. The number of halogens is 1. The van der Waals surface area contributed by atoms with Gasteiger partial charge >= 0.3 is 5.97 Å². The number of nitrogens with zero attached hydrogens (tertiary/aromatic N) is 1. The quantitative estimate of drug-likeness (QED) is 0.697. The molecule has 1 aromatic rings. The van der Waals surface area contributed by atoms with Crippen molar-refractivity contribution < 1.29 is 14.3 Å². The maximum atomic E-state index is 13.6. The Morgan fingerprint density at radius 3 is 2.55 bits per heavy atom. The molecule has 0 bridgehead atoms. The summed E-state index contributed by atoms with van der Waals surface area (Å²) in [7, 11) is 3.97. The number of carboxylic acids is 1. The first kappa shape index (κ1) is 16.2. The molecule has 0 heterocycles. The second kappa shape index (κ2) is 6.09. The highest BCUT2D eigenvalue weighted by Crippen LogP contribution is 2.25. The molecule has 0 amide bonds. The lowest BCUT2D eigenvalue weighted by Crippen LogP contribution is -2.34. The summed E-state index contributed by atoms with van der Waals surface area (Å²) < 4.78 is 13.6. The first-order valence-electron chi connectivity index (χ1n) is 6.33. The number of benzene rings is 1. The maximum absolute atomic E-state index is 13.6. The summed E-state index contributed by atoms with van der Waals surface area (Å²) in [5.74, 6) is -2.12. The van der Waals surface area contributed by atoms with Crippen LogP contribution in [-0.2, 0) is 0 Å². The van der Waals surface area contributed by atoms with Gasteiger partial charge in [-0.15, -0.1) is 0 Å². The van der Waals surface area contributed by atoms with Gasteiger partial charge in [-0.25, -0.2) is 9.18 Å². The van der Waals surface area contributed by atoms with Gasteiger partial charge in [-0.05, 0) is 31.6 Å². The number of hydrogen-bond donors (Lipinski definition) is 3. The monoisotopic (exact) mass is 283 g/mol. The van der Waals surface area contributed by atoms with Crippen LogP contribution in [0.2, 0.25) is 0 Å². The summed E-state index contributed by atoms with van der Waals surface area (Å²) >= 11 is 0. The number of nitrogen functional groups attached to an aromatic ring is 1.